The van der Waals surface area contributed by atoms with Crippen molar-refractivity contribution >= 4 is 17.4 Å². The summed E-state index contributed by atoms with van der Waals surface area (Å²) in [6.45, 7) is 3.79. The number of nitrogens with one attached hydrogen (secondary N) is 1. The lowest BCUT2D eigenvalue weighted by Crippen LogP contribution is -2.19. The maximum atomic E-state index is 12.5. The number of carbonyl (C=O) groups excluding carboxylic acids is 1. The van der Waals surface area contributed by atoms with E-state index >= 15 is 0 Å². The van der Waals surface area contributed by atoms with Gasteiger partial charge in [-0.25, -0.2) is 4.98 Å². The van der Waals surface area contributed by atoms with Gasteiger partial charge in [0.2, 0.25) is 11.8 Å². The third-order valence-corrected chi connectivity index (χ3v) is 4.33. The maximum absolute atomic E-state index is 12.5. The van der Waals surface area contributed by atoms with Gasteiger partial charge >= 0.3 is 0 Å². The van der Waals surface area contributed by atoms with Crippen LogP contribution in [0.1, 0.15) is 29.1 Å². The number of nitrogens with zero attached hydrogens (tertiary/aromatic N) is 4. The van der Waals surface area contributed by atoms with Gasteiger partial charge in [0.05, 0.1) is 5.56 Å². The summed E-state index contributed by atoms with van der Waals surface area (Å²) in [5, 5.41) is 10.7. The number of hydrogen-bond donors (Lipinski definition) is 1. The first-order valence-corrected chi connectivity index (χ1v) is 8.62. The molecule has 7 heteroatoms. The molecule has 1 saturated heterocycles. The second-order valence-corrected chi connectivity index (χ2v) is 6.26. The zero-order chi connectivity index (χ0) is 17.9. The summed E-state index contributed by atoms with van der Waals surface area (Å²) in [4.78, 5) is 19.1. The van der Waals surface area contributed by atoms with Gasteiger partial charge in [0.1, 0.15) is 5.82 Å². The largest absolute Gasteiger partial charge is 0.421 e. The molecule has 1 amide bonds. The Hall–Kier alpha value is -3.22. The van der Waals surface area contributed by atoms with Crippen LogP contribution in [0.25, 0.3) is 11.5 Å². The summed E-state index contributed by atoms with van der Waals surface area (Å²) in [7, 11) is 0. The van der Waals surface area contributed by atoms with Crippen LogP contribution in [0.3, 0.4) is 0 Å². The van der Waals surface area contributed by atoms with Gasteiger partial charge in [0.25, 0.3) is 5.91 Å². The number of hydrogen-bond acceptors (Lipinski definition) is 6. The fourth-order valence-corrected chi connectivity index (χ4v) is 3.00. The monoisotopic (exact) mass is 349 g/mol. The molecule has 0 spiro atoms. The molecule has 7 nitrogen and oxygen atoms in total. The van der Waals surface area contributed by atoms with Gasteiger partial charge in [-0.1, -0.05) is 6.07 Å². The standard InChI is InChI=1S/C19H19N5O2/c1-13-22-23-19(26-13)14-5-4-6-16(11-14)21-18(25)15-7-8-17(20-12-15)24-9-2-3-10-24/h4-8,11-12H,2-3,9-10H2,1H3,(H,21,25). The molecule has 0 aliphatic carbocycles. The van der Waals surface area contributed by atoms with E-state index in [-0.39, 0.29) is 5.91 Å². The van der Waals surface area contributed by atoms with Crippen molar-refractivity contribution in [3.05, 3.63) is 54.0 Å². The van der Waals surface area contributed by atoms with Crippen LogP contribution in [-0.4, -0.2) is 34.2 Å². The number of amides is 1. The van der Waals surface area contributed by atoms with Crippen LogP contribution in [0.15, 0.2) is 47.0 Å². The molecule has 132 valence electrons. The molecule has 1 N–H and O–H groups in total. The Morgan fingerprint density at radius 3 is 2.69 bits per heavy atom. The Morgan fingerprint density at radius 1 is 1.15 bits per heavy atom. The molecule has 1 aliphatic heterocycles. The highest BCUT2D eigenvalue weighted by Crippen LogP contribution is 2.22. The Bertz CT molecular complexity index is 914. The lowest BCUT2D eigenvalue weighted by atomic mass is 10.2. The van der Waals surface area contributed by atoms with E-state index in [1.54, 1.807) is 25.3 Å². The molecule has 3 aromatic rings. The zero-order valence-electron chi connectivity index (χ0n) is 14.5. The number of benzene rings is 1. The van der Waals surface area contributed by atoms with Crippen LogP contribution in [0, 0.1) is 6.92 Å². The smallest absolute Gasteiger partial charge is 0.257 e. The van der Waals surface area contributed by atoms with Crippen molar-refractivity contribution in [1.29, 1.82) is 0 Å². The van der Waals surface area contributed by atoms with Gasteiger partial charge in [-0.2, -0.15) is 0 Å². The zero-order valence-corrected chi connectivity index (χ0v) is 14.5. The Balaban J connectivity index is 1.47. The minimum Gasteiger partial charge on any atom is -0.421 e. The van der Waals surface area contributed by atoms with Crippen LogP contribution < -0.4 is 10.2 Å². The van der Waals surface area contributed by atoms with Gasteiger partial charge < -0.3 is 14.6 Å². The molecule has 1 aromatic carbocycles. The first-order chi connectivity index (χ1) is 12.7. The highest BCUT2D eigenvalue weighted by atomic mass is 16.4. The quantitative estimate of drug-likeness (QED) is 0.778. The minimum absolute atomic E-state index is 0.204. The van der Waals surface area contributed by atoms with E-state index in [4.69, 9.17) is 4.42 Å². The van der Waals surface area contributed by atoms with E-state index in [1.807, 2.05) is 24.3 Å². The molecule has 26 heavy (non-hydrogen) atoms. The van der Waals surface area contributed by atoms with E-state index < -0.39 is 0 Å². The highest BCUT2D eigenvalue weighted by molar-refractivity contribution is 6.04. The van der Waals surface area contributed by atoms with Gasteiger partial charge in [-0.05, 0) is 43.2 Å². The van der Waals surface area contributed by atoms with Crippen molar-refractivity contribution < 1.29 is 9.21 Å². The summed E-state index contributed by atoms with van der Waals surface area (Å²) in [6, 6.07) is 11.0. The molecule has 0 atom stereocenters. The molecular formula is C19H19N5O2. The molecule has 2 aromatic heterocycles. The van der Waals surface area contributed by atoms with E-state index in [9.17, 15) is 4.79 Å². The van der Waals surface area contributed by atoms with Crippen molar-refractivity contribution in [3.63, 3.8) is 0 Å². The number of anilines is 2. The van der Waals surface area contributed by atoms with E-state index in [0.717, 1.165) is 24.5 Å². The summed E-state index contributed by atoms with van der Waals surface area (Å²) in [6.07, 6.45) is 4.01. The molecule has 3 heterocycles. The summed E-state index contributed by atoms with van der Waals surface area (Å²) >= 11 is 0. The highest BCUT2D eigenvalue weighted by Gasteiger charge is 2.14. The van der Waals surface area contributed by atoms with Gasteiger partial charge in [0.15, 0.2) is 0 Å². The van der Waals surface area contributed by atoms with Crippen LogP contribution in [0.2, 0.25) is 0 Å². The lowest BCUT2D eigenvalue weighted by molar-refractivity contribution is 0.102. The Morgan fingerprint density at radius 2 is 2.00 bits per heavy atom. The van der Waals surface area contributed by atoms with Crippen molar-refractivity contribution in [1.82, 2.24) is 15.2 Å². The normalized spacial score (nSPS) is 13.8. The number of aromatic nitrogens is 3. The predicted molar refractivity (Wildman–Crippen MR) is 98.1 cm³/mol. The summed E-state index contributed by atoms with van der Waals surface area (Å²) in [5.74, 6) is 1.64. The van der Waals surface area contributed by atoms with E-state index in [0.29, 0.717) is 23.0 Å². The SMILES string of the molecule is Cc1nnc(-c2cccc(NC(=O)c3ccc(N4CCCC4)nc3)c2)o1. The average molecular weight is 349 g/mol. The fourth-order valence-electron chi connectivity index (χ4n) is 3.00. The molecule has 0 saturated carbocycles. The van der Waals surface area contributed by atoms with E-state index in [1.165, 1.54) is 12.8 Å². The summed E-state index contributed by atoms with van der Waals surface area (Å²) in [5.41, 5.74) is 1.94. The van der Waals surface area contributed by atoms with Crippen LogP contribution >= 0.6 is 0 Å². The van der Waals surface area contributed by atoms with Gasteiger partial charge in [-0.3, -0.25) is 4.79 Å². The first-order valence-electron chi connectivity index (χ1n) is 8.62. The topological polar surface area (TPSA) is 84.2 Å². The first kappa shape index (κ1) is 16.3. The second kappa shape index (κ2) is 6.95. The Kier molecular flexibility index (Phi) is 4.35. The van der Waals surface area contributed by atoms with Crippen molar-refractivity contribution in [3.8, 4) is 11.5 Å². The van der Waals surface area contributed by atoms with Gasteiger partial charge in [0, 0.05) is 37.5 Å². The second-order valence-electron chi connectivity index (χ2n) is 6.26. The third-order valence-electron chi connectivity index (χ3n) is 4.33. The molecule has 0 radical (unpaired) electrons. The van der Waals surface area contributed by atoms with Crippen molar-refractivity contribution in [2.75, 3.05) is 23.3 Å². The van der Waals surface area contributed by atoms with E-state index in [2.05, 4.69) is 25.4 Å². The molecular weight excluding hydrogens is 330 g/mol. The van der Waals surface area contributed by atoms with Gasteiger partial charge in [-0.15, -0.1) is 10.2 Å². The molecule has 1 fully saturated rings. The maximum Gasteiger partial charge on any atom is 0.257 e. The molecule has 0 bridgehead atoms. The van der Waals surface area contributed by atoms with Crippen LogP contribution in [-0.2, 0) is 0 Å². The fraction of sp³-hybridized carbons (Fsp3) is 0.263. The average Bonchev–Trinajstić information content (AvgIpc) is 3.34. The molecule has 4 rings (SSSR count). The predicted octanol–water partition coefficient (Wildman–Crippen LogP) is 3.29. The third kappa shape index (κ3) is 3.42. The molecule has 0 unspecified atom stereocenters. The number of aryl methyl sites for hydroxylation is 1. The van der Waals surface area contributed by atoms with Crippen molar-refractivity contribution in [2.24, 2.45) is 0 Å². The number of carbonyl (C=O) groups is 1. The van der Waals surface area contributed by atoms with Crippen LogP contribution in [0.4, 0.5) is 11.5 Å². The lowest BCUT2D eigenvalue weighted by Gasteiger charge is -2.16. The van der Waals surface area contributed by atoms with Crippen LogP contribution in [0.5, 0.6) is 0 Å². The van der Waals surface area contributed by atoms with Crippen molar-refractivity contribution in [2.45, 2.75) is 19.8 Å². The minimum atomic E-state index is -0.204. The molecule has 1 aliphatic rings. The number of pyridine rings is 1. The Labute approximate surface area is 151 Å². The summed E-state index contributed by atoms with van der Waals surface area (Å²) < 4.78 is 5.43. The number of rotatable bonds is 4.